The largest absolute Gasteiger partial charge is 0.364 e. The molecule has 0 unspecified atom stereocenters. The molecule has 0 atom stereocenters. The number of carbonyl (C=O) groups excluding carboxylic acids is 3. The lowest BCUT2D eigenvalue weighted by atomic mass is 10.0. The SMILES string of the molecule is CC(C)(CN1CCCCC1)NC(=O)c1c(C(N)=O)ncn1-c1ccc(NC(=O)c2ccc(F)cc2Cl)cc1. The molecule has 0 bridgehead atoms. The number of hydrogen-bond acceptors (Lipinski definition) is 5. The Morgan fingerprint density at radius 3 is 2.37 bits per heavy atom. The van der Waals surface area contributed by atoms with Gasteiger partial charge < -0.3 is 21.3 Å². The Kier molecular flexibility index (Phi) is 8.13. The molecule has 0 spiro atoms. The van der Waals surface area contributed by atoms with Gasteiger partial charge in [-0.1, -0.05) is 18.0 Å². The molecule has 3 aromatic rings. The van der Waals surface area contributed by atoms with Crippen molar-refractivity contribution in [3.63, 3.8) is 0 Å². The molecule has 1 aliphatic rings. The van der Waals surface area contributed by atoms with E-state index >= 15 is 0 Å². The first-order valence-electron chi connectivity index (χ1n) is 12.3. The Hall–Kier alpha value is -3.76. The first-order valence-corrected chi connectivity index (χ1v) is 12.7. The number of nitrogens with two attached hydrogens (primary N) is 1. The Morgan fingerprint density at radius 2 is 1.74 bits per heavy atom. The summed E-state index contributed by atoms with van der Waals surface area (Å²) in [5, 5.41) is 5.73. The van der Waals surface area contributed by atoms with Gasteiger partial charge in [0, 0.05) is 23.5 Å². The number of halogens is 2. The van der Waals surface area contributed by atoms with E-state index in [0.29, 0.717) is 17.9 Å². The van der Waals surface area contributed by atoms with Gasteiger partial charge in [-0.3, -0.25) is 19.0 Å². The van der Waals surface area contributed by atoms with Crippen LogP contribution >= 0.6 is 11.6 Å². The lowest BCUT2D eigenvalue weighted by Gasteiger charge is -2.35. The van der Waals surface area contributed by atoms with Gasteiger partial charge in [0.05, 0.1) is 10.6 Å². The Bertz CT molecular complexity index is 1350. The van der Waals surface area contributed by atoms with Gasteiger partial charge in [-0.15, -0.1) is 0 Å². The number of carbonyl (C=O) groups is 3. The zero-order chi connectivity index (χ0) is 27.4. The lowest BCUT2D eigenvalue weighted by molar-refractivity contribution is 0.0861. The van der Waals surface area contributed by atoms with Crippen LogP contribution in [0.2, 0.25) is 5.02 Å². The van der Waals surface area contributed by atoms with Crippen molar-refractivity contribution in [2.24, 2.45) is 5.73 Å². The number of benzene rings is 2. The number of nitrogens with one attached hydrogen (secondary N) is 2. The third-order valence-electron chi connectivity index (χ3n) is 6.31. The van der Waals surface area contributed by atoms with Crippen LogP contribution in [0, 0.1) is 5.82 Å². The van der Waals surface area contributed by atoms with Crippen LogP contribution in [-0.2, 0) is 0 Å². The third-order valence-corrected chi connectivity index (χ3v) is 6.63. The summed E-state index contributed by atoms with van der Waals surface area (Å²) < 4.78 is 14.8. The van der Waals surface area contributed by atoms with E-state index in [4.69, 9.17) is 17.3 Å². The molecular formula is C27H30ClFN6O3. The lowest BCUT2D eigenvalue weighted by Crippen LogP contribution is -2.52. The summed E-state index contributed by atoms with van der Waals surface area (Å²) in [6.07, 6.45) is 4.84. The highest BCUT2D eigenvalue weighted by molar-refractivity contribution is 6.34. The number of aromatic nitrogens is 2. The topological polar surface area (TPSA) is 122 Å². The van der Waals surface area contributed by atoms with E-state index in [-0.39, 0.29) is 22.0 Å². The summed E-state index contributed by atoms with van der Waals surface area (Å²) in [6.45, 7) is 6.52. The van der Waals surface area contributed by atoms with Crippen molar-refractivity contribution in [1.82, 2.24) is 19.8 Å². The van der Waals surface area contributed by atoms with Gasteiger partial charge in [0.25, 0.3) is 17.7 Å². The zero-order valence-electron chi connectivity index (χ0n) is 21.3. The fourth-order valence-electron chi connectivity index (χ4n) is 4.60. The second kappa shape index (κ2) is 11.3. The maximum Gasteiger partial charge on any atom is 0.271 e. The number of amides is 3. The Balaban J connectivity index is 1.53. The van der Waals surface area contributed by atoms with Gasteiger partial charge in [-0.2, -0.15) is 0 Å². The summed E-state index contributed by atoms with van der Waals surface area (Å²) in [6, 6.07) is 10.1. The van der Waals surface area contributed by atoms with E-state index in [1.54, 1.807) is 24.3 Å². The average molecular weight is 541 g/mol. The third kappa shape index (κ3) is 6.38. The first kappa shape index (κ1) is 27.3. The van der Waals surface area contributed by atoms with Crippen molar-refractivity contribution < 1.29 is 18.8 Å². The number of anilines is 1. The predicted octanol–water partition coefficient (Wildman–Crippen LogP) is 4.01. The Labute approximate surface area is 225 Å². The van der Waals surface area contributed by atoms with E-state index in [1.165, 1.54) is 23.4 Å². The minimum Gasteiger partial charge on any atom is -0.364 e. The monoisotopic (exact) mass is 540 g/mol. The molecule has 4 N–H and O–H groups in total. The van der Waals surface area contributed by atoms with Gasteiger partial charge in [-0.05, 0) is 82.2 Å². The number of piperidine rings is 1. The predicted molar refractivity (Wildman–Crippen MR) is 143 cm³/mol. The fraction of sp³-hybridized carbons (Fsp3) is 0.333. The first-order chi connectivity index (χ1) is 18.0. The van der Waals surface area contributed by atoms with Crippen LogP contribution in [0.1, 0.15) is 64.4 Å². The van der Waals surface area contributed by atoms with Crippen LogP contribution < -0.4 is 16.4 Å². The molecule has 0 saturated carbocycles. The summed E-state index contributed by atoms with van der Waals surface area (Å²) >= 11 is 5.98. The standard InChI is InChI=1S/C27H30ClFN6O3/c1-27(2,15-34-12-4-3-5-13-34)33-26(38)23-22(24(30)36)31-16-35(23)19-9-7-18(8-10-19)32-25(37)20-11-6-17(29)14-21(20)28/h6-11,14,16H,3-5,12-13,15H2,1-2H3,(H2,30,36)(H,32,37)(H,33,38). The molecule has 1 aliphatic heterocycles. The minimum absolute atomic E-state index is 0.00428. The number of imidazole rings is 1. The zero-order valence-corrected chi connectivity index (χ0v) is 22.0. The van der Waals surface area contributed by atoms with Gasteiger partial charge >= 0.3 is 0 Å². The van der Waals surface area contributed by atoms with Crippen molar-refractivity contribution in [2.45, 2.75) is 38.6 Å². The van der Waals surface area contributed by atoms with Crippen LogP contribution in [0.3, 0.4) is 0 Å². The van der Waals surface area contributed by atoms with E-state index in [0.717, 1.165) is 38.1 Å². The molecule has 2 aromatic carbocycles. The quantitative estimate of drug-likeness (QED) is 0.398. The molecule has 2 heterocycles. The van der Waals surface area contributed by atoms with E-state index in [2.05, 4.69) is 20.5 Å². The molecule has 0 aliphatic carbocycles. The van der Waals surface area contributed by atoms with Crippen molar-refractivity contribution >= 4 is 35.0 Å². The number of hydrogen-bond donors (Lipinski definition) is 3. The molecule has 3 amide bonds. The summed E-state index contributed by atoms with van der Waals surface area (Å²) in [4.78, 5) is 44.5. The number of primary amides is 1. The van der Waals surface area contributed by atoms with Crippen LogP contribution in [0.25, 0.3) is 5.69 Å². The second-order valence-corrected chi connectivity index (χ2v) is 10.4. The highest BCUT2D eigenvalue weighted by Gasteiger charge is 2.30. The smallest absolute Gasteiger partial charge is 0.271 e. The maximum absolute atomic E-state index is 13.4. The molecule has 4 rings (SSSR count). The maximum atomic E-state index is 13.4. The molecule has 1 aromatic heterocycles. The average Bonchev–Trinajstić information content (AvgIpc) is 3.30. The second-order valence-electron chi connectivity index (χ2n) is 9.98. The number of likely N-dealkylation sites (tertiary alicyclic amines) is 1. The minimum atomic E-state index is -0.817. The van der Waals surface area contributed by atoms with Crippen LogP contribution in [0.15, 0.2) is 48.8 Å². The van der Waals surface area contributed by atoms with Gasteiger partial charge in [-0.25, -0.2) is 9.37 Å². The van der Waals surface area contributed by atoms with Crippen molar-refractivity contribution in [2.75, 3.05) is 25.0 Å². The van der Waals surface area contributed by atoms with Crippen molar-refractivity contribution in [3.8, 4) is 5.69 Å². The van der Waals surface area contributed by atoms with Crippen molar-refractivity contribution in [3.05, 3.63) is 76.6 Å². The van der Waals surface area contributed by atoms with Crippen LogP contribution in [-0.4, -0.2) is 57.3 Å². The molecule has 200 valence electrons. The van der Waals surface area contributed by atoms with Crippen LogP contribution in [0.5, 0.6) is 0 Å². The summed E-state index contributed by atoms with van der Waals surface area (Å²) in [7, 11) is 0. The summed E-state index contributed by atoms with van der Waals surface area (Å²) in [5.74, 6) is -2.33. The van der Waals surface area contributed by atoms with Gasteiger partial charge in [0.15, 0.2) is 5.69 Å². The molecule has 1 fully saturated rings. The van der Waals surface area contributed by atoms with Gasteiger partial charge in [0.1, 0.15) is 17.8 Å². The van der Waals surface area contributed by atoms with Gasteiger partial charge in [0.2, 0.25) is 0 Å². The van der Waals surface area contributed by atoms with Crippen LogP contribution in [0.4, 0.5) is 10.1 Å². The molecule has 11 heteroatoms. The van der Waals surface area contributed by atoms with E-state index in [1.807, 2.05) is 13.8 Å². The Morgan fingerprint density at radius 1 is 1.05 bits per heavy atom. The molecular weight excluding hydrogens is 511 g/mol. The van der Waals surface area contributed by atoms with E-state index in [9.17, 15) is 18.8 Å². The highest BCUT2D eigenvalue weighted by atomic mass is 35.5. The highest BCUT2D eigenvalue weighted by Crippen LogP contribution is 2.22. The molecule has 1 saturated heterocycles. The van der Waals surface area contributed by atoms with Crippen molar-refractivity contribution in [1.29, 1.82) is 0 Å². The number of nitrogens with zero attached hydrogens (tertiary/aromatic N) is 3. The fourth-order valence-corrected chi connectivity index (χ4v) is 4.85. The van der Waals surface area contributed by atoms with E-state index < -0.39 is 29.1 Å². The molecule has 0 radical (unpaired) electrons. The summed E-state index contributed by atoms with van der Waals surface area (Å²) in [5.41, 5.74) is 5.96. The molecule has 38 heavy (non-hydrogen) atoms. The molecule has 9 nitrogen and oxygen atoms in total. The number of rotatable bonds is 8. The normalized spacial score (nSPS) is 14.2.